The quantitative estimate of drug-likeness (QED) is 0.819. The lowest BCUT2D eigenvalue weighted by Gasteiger charge is -2.16. The molecule has 0 radical (unpaired) electrons. The molecule has 2 atom stereocenters. The van der Waals surface area contributed by atoms with Gasteiger partial charge >= 0.3 is 5.97 Å². The highest BCUT2D eigenvalue weighted by molar-refractivity contribution is 5.72. The summed E-state index contributed by atoms with van der Waals surface area (Å²) in [6.45, 7) is 3.14. The van der Waals surface area contributed by atoms with Crippen LogP contribution in [0, 0.1) is 5.92 Å². The molecule has 2 rings (SSSR count). The molecule has 1 aliphatic rings. The average molecular weight is 262 g/mol. The molecule has 3 N–H and O–H groups in total. The Morgan fingerprint density at radius 1 is 1.42 bits per heavy atom. The van der Waals surface area contributed by atoms with E-state index in [1.165, 1.54) is 5.56 Å². The summed E-state index contributed by atoms with van der Waals surface area (Å²) >= 11 is 0. The van der Waals surface area contributed by atoms with Crippen molar-refractivity contribution in [1.82, 2.24) is 4.90 Å². The third-order valence-corrected chi connectivity index (χ3v) is 3.82. The molecule has 1 heterocycles. The first-order chi connectivity index (χ1) is 9.15. The van der Waals surface area contributed by atoms with Gasteiger partial charge in [0.05, 0.1) is 0 Å². The average Bonchev–Trinajstić information content (AvgIpc) is 2.84. The van der Waals surface area contributed by atoms with Crippen LogP contribution in [0.4, 0.5) is 0 Å². The van der Waals surface area contributed by atoms with Gasteiger partial charge in [-0.25, -0.2) is 0 Å². The van der Waals surface area contributed by atoms with Crippen LogP contribution in [-0.2, 0) is 11.3 Å². The predicted octanol–water partition coefficient (Wildman–Crippen LogP) is 1.70. The van der Waals surface area contributed by atoms with E-state index in [9.17, 15) is 4.79 Å². The second kappa shape index (κ2) is 6.68. The first-order valence-electron chi connectivity index (χ1n) is 6.90. The Bertz CT molecular complexity index is 408. The molecule has 0 spiro atoms. The fourth-order valence-corrected chi connectivity index (χ4v) is 2.67. The number of carboxylic acids is 1. The molecule has 19 heavy (non-hydrogen) atoms. The number of aliphatic carboxylic acids is 1. The van der Waals surface area contributed by atoms with Gasteiger partial charge in [0.15, 0.2) is 0 Å². The van der Waals surface area contributed by atoms with Crippen LogP contribution in [0.3, 0.4) is 0 Å². The van der Waals surface area contributed by atoms with Crippen LogP contribution >= 0.6 is 0 Å². The summed E-state index contributed by atoms with van der Waals surface area (Å²) in [5.74, 6) is -0.298. The smallest absolute Gasteiger partial charge is 0.320 e. The van der Waals surface area contributed by atoms with Crippen molar-refractivity contribution in [3.8, 4) is 0 Å². The summed E-state index contributed by atoms with van der Waals surface area (Å²) in [5, 5.41) is 8.77. The summed E-state index contributed by atoms with van der Waals surface area (Å²) in [4.78, 5) is 13.1. The minimum absolute atomic E-state index is 0.583. The van der Waals surface area contributed by atoms with E-state index in [2.05, 4.69) is 29.2 Å². The maximum atomic E-state index is 10.7. The van der Waals surface area contributed by atoms with Gasteiger partial charge in [-0.2, -0.15) is 0 Å². The highest BCUT2D eigenvalue weighted by Gasteiger charge is 2.23. The van der Waals surface area contributed by atoms with Crippen LogP contribution in [0.1, 0.15) is 24.8 Å². The lowest BCUT2D eigenvalue weighted by atomic mass is 9.99. The second-order valence-electron chi connectivity index (χ2n) is 5.40. The van der Waals surface area contributed by atoms with Crippen molar-refractivity contribution in [3.05, 3.63) is 35.9 Å². The molecule has 4 nitrogen and oxygen atoms in total. The number of likely N-dealkylation sites (tertiary alicyclic amines) is 1. The van der Waals surface area contributed by atoms with E-state index in [1.807, 2.05) is 6.07 Å². The Morgan fingerprint density at radius 2 is 2.16 bits per heavy atom. The lowest BCUT2D eigenvalue weighted by Crippen LogP contribution is -2.30. The van der Waals surface area contributed by atoms with Gasteiger partial charge in [-0.1, -0.05) is 30.3 Å². The number of nitrogens with zero attached hydrogens (tertiary/aromatic N) is 1. The molecule has 1 aromatic rings. The Hall–Kier alpha value is -1.39. The summed E-state index contributed by atoms with van der Waals surface area (Å²) in [6, 6.07) is 9.75. The monoisotopic (exact) mass is 262 g/mol. The van der Waals surface area contributed by atoms with E-state index in [0.29, 0.717) is 12.3 Å². The van der Waals surface area contributed by atoms with Gasteiger partial charge in [0, 0.05) is 13.1 Å². The fraction of sp³-hybridized carbons (Fsp3) is 0.533. The minimum Gasteiger partial charge on any atom is -0.480 e. The summed E-state index contributed by atoms with van der Waals surface area (Å²) in [7, 11) is 0. The number of carboxylic acid groups (broad SMARTS) is 1. The molecule has 0 amide bonds. The maximum absolute atomic E-state index is 10.7. The molecule has 1 aliphatic heterocycles. The van der Waals surface area contributed by atoms with Crippen LogP contribution in [-0.4, -0.2) is 35.1 Å². The summed E-state index contributed by atoms with van der Waals surface area (Å²) in [6.07, 6.45) is 2.65. The van der Waals surface area contributed by atoms with Crippen molar-refractivity contribution in [3.63, 3.8) is 0 Å². The maximum Gasteiger partial charge on any atom is 0.320 e. The summed E-state index contributed by atoms with van der Waals surface area (Å²) in [5.41, 5.74) is 6.88. The highest BCUT2D eigenvalue weighted by atomic mass is 16.4. The molecule has 0 aromatic heterocycles. The Balaban J connectivity index is 1.73. The normalized spacial score (nSPS) is 21.4. The van der Waals surface area contributed by atoms with Gasteiger partial charge < -0.3 is 10.8 Å². The van der Waals surface area contributed by atoms with Crippen molar-refractivity contribution in [2.24, 2.45) is 11.7 Å². The molecule has 4 heteroatoms. The standard InChI is InChI=1S/C15H22N2O2/c16-14(15(18)19)7-6-13-8-9-17(11-13)10-12-4-2-1-3-5-12/h1-5,13-14H,6-11,16H2,(H,18,19). The Kier molecular flexibility index (Phi) is 4.93. The summed E-state index contributed by atoms with van der Waals surface area (Å²) < 4.78 is 0. The van der Waals surface area contributed by atoms with Crippen molar-refractivity contribution in [2.75, 3.05) is 13.1 Å². The van der Waals surface area contributed by atoms with Crippen LogP contribution in [0.25, 0.3) is 0 Å². The largest absolute Gasteiger partial charge is 0.480 e. The third kappa shape index (κ3) is 4.33. The van der Waals surface area contributed by atoms with Crippen molar-refractivity contribution in [2.45, 2.75) is 31.8 Å². The van der Waals surface area contributed by atoms with Gasteiger partial charge in [-0.15, -0.1) is 0 Å². The molecule has 1 aromatic carbocycles. The molecule has 1 fully saturated rings. The highest BCUT2D eigenvalue weighted by Crippen LogP contribution is 2.23. The zero-order valence-corrected chi connectivity index (χ0v) is 11.2. The van der Waals surface area contributed by atoms with Gasteiger partial charge in [-0.3, -0.25) is 9.69 Å². The van der Waals surface area contributed by atoms with E-state index >= 15 is 0 Å². The van der Waals surface area contributed by atoms with E-state index in [0.717, 1.165) is 32.5 Å². The third-order valence-electron chi connectivity index (χ3n) is 3.82. The molecule has 0 saturated carbocycles. The van der Waals surface area contributed by atoms with E-state index < -0.39 is 12.0 Å². The number of benzene rings is 1. The van der Waals surface area contributed by atoms with Gasteiger partial charge in [0.1, 0.15) is 6.04 Å². The predicted molar refractivity (Wildman–Crippen MR) is 74.7 cm³/mol. The second-order valence-corrected chi connectivity index (χ2v) is 5.40. The lowest BCUT2D eigenvalue weighted by molar-refractivity contribution is -0.138. The van der Waals surface area contributed by atoms with E-state index in [-0.39, 0.29) is 0 Å². The van der Waals surface area contributed by atoms with Crippen molar-refractivity contribution < 1.29 is 9.90 Å². The Labute approximate surface area is 114 Å². The number of nitrogens with two attached hydrogens (primary N) is 1. The van der Waals surface area contributed by atoms with E-state index in [4.69, 9.17) is 10.8 Å². The zero-order chi connectivity index (χ0) is 13.7. The number of hydrogen-bond donors (Lipinski definition) is 2. The molecular formula is C15H22N2O2. The van der Waals surface area contributed by atoms with Crippen LogP contribution in [0.15, 0.2) is 30.3 Å². The first-order valence-corrected chi connectivity index (χ1v) is 6.90. The van der Waals surface area contributed by atoms with Gasteiger partial charge in [-0.05, 0) is 37.3 Å². The number of rotatable bonds is 6. The van der Waals surface area contributed by atoms with Crippen molar-refractivity contribution in [1.29, 1.82) is 0 Å². The molecule has 1 saturated heterocycles. The molecule has 0 aliphatic carbocycles. The molecule has 2 unspecified atom stereocenters. The minimum atomic E-state index is -0.890. The van der Waals surface area contributed by atoms with Gasteiger partial charge in [0.25, 0.3) is 0 Å². The fourth-order valence-electron chi connectivity index (χ4n) is 2.67. The molecular weight excluding hydrogens is 240 g/mol. The topological polar surface area (TPSA) is 66.6 Å². The van der Waals surface area contributed by atoms with Crippen LogP contribution in [0.5, 0.6) is 0 Å². The first kappa shape index (κ1) is 14.0. The van der Waals surface area contributed by atoms with Gasteiger partial charge in [0.2, 0.25) is 0 Å². The van der Waals surface area contributed by atoms with Crippen molar-refractivity contribution >= 4 is 5.97 Å². The molecule has 0 bridgehead atoms. The van der Waals surface area contributed by atoms with E-state index in [1.54, 1.807) is 0 Å². The van der Waals surface area contributed by atoms with Crippen LogP contribution in [0.2, 0.25) is 0 Å². The van der Waals surface area contributed by atoms with Crippen LogP contribution < -0.4 is 5.73 Å². The molecule has 104 valence electrons. The Morgan fingerprint density at radius 3 is 2.84 bits per heavy atom. The number of carbonyl (C=O) groups is 1. The zero-order valence-electron chi connectivity index (χ0n) is 11.2. The SMILES string of the molecule is NC(CCC1CCN(Cc2ccccc2)C1)C(=O)O. The number of hydrogen-bond acceptors (Lipinski definition) is 3.